The summed E-state index contributed by atoms with van der Waals surface area (Å²) in [6.07, 6.45) is 4.43. The average Bonchev–Trinajstić information content (AvgIpc) is 2.87. The summed E-state index contributed by atoms with van der Waals surface area (Å²) < 4.78 is 27.8. The van der Waals surface area contributed by atoms with Gasteiger partial charge in [0.2, 0.25) is 10.0 Å². The van der Waals surface area contributed by atoms with Crippen LogP contribution in [0.15, 0.2) is 23.5 Å². The highest BCUT2D eigenvalue weighted by molar-refractivity contribution is 7.89. The fourth-order valence-electron chi connectivity index (χ4n) is 1.48. The van der Waals surface area contributed by atoms with E-state index in [0.717, 1.165) is 0 Å². The molecule has 9 heteroatoms. The third-order valence-corrected chi connectivity index (χ3v) is 3.93. The molecule has 2 heterocycles. The second kappa shape index (κ2) is 4.78. The van der Waals surface area contributed by atoms with Crippen molar-refractivity contribution >= 4 is 15.7 Å². The van der Waals surface area contributed by atoms with Crippen molar-refractivity contribution < 1.29 is 8.42 Å². The Balaban J connectivity index is 1.96. The number of H-pyrrole nitrogens is 1. The van der Waals surface area contributed by atoms with Gasteiger partial charge in [-0.3, -0.25) is 9.78 Å². The van der Waals surface area contributed by atoms with Crippen molar-refractivity contribution in [2.24, 2.45) is 0 Å². The SMILES string of the molecule is Cc1[nH]ncc1S(=O)(=O)NCCn1cc(N)cn1. The quantitative estimate of drug-likeness (QED) is 0.675. The Labute approximate surface area is 104 Å². The minimum Gasteiger partial charge on any atom is -0.396 e. The van der Waals surface area contributed by atoms with Gasteiger partial charge in [0.15, 0.2) is 0 Å². The summed E-state index contributed by atoms with van der Waals surface area (Å²) >= 11 is 0. The van der Waals surface area contributed by atoms with Crippen molar-refractivity contribution in [3.05, 3.63) is 24.3 Å². The summed E-state index contributed by atoms with van der Waals surface area (Å²) in [6, 6.07) is 0. The number of nitrogens with one attached hydrogen (secondary N) is 2. The smallest absolute Gasteiger partial charge is 0.244 e. The number of hydrogen-bond donors (Lipinski definition) is 3. The minimum atomic E-state index is -3.53. The number of rotatable bonds is 5. The van der Waals surface area contributed by atoms with Crippen LogP contribution in [-0.4, -0.2) is 34.9 Å². The van der Waals surface area contributed by atoms with Gasteiger partial charge in [-0.2, -0.15) is 10.2 Å². The normalized spacial score (nSPS) is 11.8. The summed E-state index contributed by atoms with van der Waals surface area (Å²) in [5.41, 5.74) is 6.55. The van der Waals surface area contributed by atoms with E-state index in [1.807, 2.05) is 0 Å². The second-order valence-corrected chi connectivity index (χ2v) is 5.53. The maximum absolute atomic E-state index is 11.9. The number of nitrogen functional groups attached to an aromatic ring is 1. The van der Waals surface area contributed by atoms with Gasteiger partial charge >= 0.3 is 0 Å². The van der Waals surface area contributed by atoms with Crippen molar-refractivity contribution in [3.63, 3.8) is 0 Å². The zero-order valence-corrected chi connectivity index (χ0v) is 10.6. The number of nitrogens with zero attached hydrogens (tertiary/aromatic N) is 3. The maximum atomic E-state index is 11.9. The molecule has 2 aromatic rings. The van der Waals surface area contributed by atoms with E-state index in [2.05, 4.69) is 20.0 Å². The molecule has 0 saturated heterocycles. The molecule has 2 aromatic heterocycles. The van der Waals surface area contributed by atoms with Crippen molar-refractivity contribution in [2.45, 2.75) is 18.4 Å². The van der Waals surface area contributed by atoms with Gasteiger partial charge in [0, 0.05) is 12.7 Å². The van der Waals surface area contributed by atoms with Crippen LogP contribution in [0.2, 0.25) is 0 Å². The molecule has 0 radical (unpaired) electrons. The lowest BCUT2D eigenvalue weighted by Gasteiger charge is -2.05. The first-order valence-corrected chi connectivity index (χ1v) is 6.75. The fourth-order valence-corrected chi connectivity index (χ4v) is 2.64. The van der Waals surface area contributed by atoms with E-state index >= 15 is 0 Å². The first-order chi connectivity index (χ1) is 8.49. The first kappa shape index (κ1) is 12.6. The van der Waals surface area contributed by atoms with Gasteiger partial charge in [-0.05, 0) is 6.92 Å². The molecule has 0 spiro atoms. The van der Waals surface area contributed by atoms with Crippen molar-refractivity contribution in [1.29, 1.82) is 0 Å². The predicted octanol–water partition coefficient (Wildman–Crippen LogP) is -0.525. The Morgan fingerprint density at radius 3 is 2.83 bits per heavy atom. The second-order valence-electron chi connectivity index (χ2n) is 3.79. The molecule has 18 heavy (non-hydrogen) atoms. The topological polar surface area (TPSA) is 119 Å². The summed E-state index contributed by atoms with van der Waals surface area (Å²) in [5.74, 6) is 0. The van der Waals surface area contributed by atoms with E-state index in [4.69, 9.17) is 5.73 Å². The van der Waals surface area contributed by atoms with Crippen LogP contribution in [-0.2, 0) is 16.6 Å². The number of sulfonamides is 1. The van der Waals surface area contributed by atoms with Crippen molar-refractivity contribution in [3.8, 4) is 0 Å². The molecular formula is C9H14N6O2S. The van der Waals surface area contributed by atoms with Gasteiger partial charge in [-0.25, -0.2) is 13.1 Å². The van der Waals surface area contributed by atoms with Crippen LogP contribution in [0, 0.1) is 6.92 Å². The number of nitrogens with two attached hydrogens (primary N) is 1. The van der Waals surface area contributed by atoms with Crippen LogP contribution in [0.25, 0.3) is 0 Å². The lowest BCUT2D eigenvalue weighted by Crippen LogP contribution is -2.27. The molecule has 8 nitrogen and oxygen atoms in total. The number of aromatic amines is 1. The van der Waals surface area contributed by atoms with E-state index in [0.29, 0.717) is 17.9 Å². The molecule has 2 rings (SSSR count). The summed E-state index contributed by atoms with van der Waals surface area (Å²) in [6.45, 7) is 2.29. The van der Waals surface area contributed by atoms with Crippen molar-refractivity contribution in [2.75, 3.05) is 12.3 Å². The average molecular weight is 270 g/mol. The molecule has 0 atom stereocenters. The lowest BCUT2D eigenvalue weighted by atomic mass is 10.5. The molecule has 98 valence electrons. The summed E-state index contributed by atoms with van der Waals surface area (Å²) in [5, 5.41) is 10.2. The minimum absolute atomic E-state index is 0.155. The number of hydrogen-bond acceptors (Lipinski definition) is 5. The molecule has 0 saturated carbocycles. The molecule has 0 unspecified atom stereocenters. The molecule has 0 aliphatic rings. The van der Waals surface area contributed by atoms with Crippen LogP contribution in [0.4, 0.5) is 5.69 Å². The predicted molar refractivity (Wildman–Crippen MR) is 65.2 cm³/mol. The Morgan fingerprint density at radius 2 is 2.28 bits per heavy atom. The molecule has 0 fully saturated rings. The first-order valence-electron chi connectivity index (χ1n) is 5.26. The number of aromatic nitrogens is 4. The van der Waals surface area contributed by atoms with E-state index < -0.39 is 10.0 Å². The summed E-state index contributed by atoms with van der Waals surface area (Å²) in [7, 11) is -3.53. The monoisotopic (exact) mass is 270 g/mol. The van der Waals surface area contributed by atoms with Crippen LogP contribution >= 0.6 is 0 Å². The Bertz CT molecular complexity index is 629. The van der Waals surface area contributed by atoms with Crippen LogP contribution in [0.5, 0.6) is 0 Å². The fraction of sp³-hybridized carbons (Fsp3) is 0.333. The number of anilines is 1. The molecule has 0 aliphatic heterocycles. The van der Waals surface area contributed by atoms with Crippen LogP contribution in [0.1, 0.15) is 5.69 Å². The third kappa shape index (κ3) is 2.68. The van der Waals surface area contributed by atoms with E-state index in [-0.39, 0.29) is 11.4 Å². The molecular weight excluding hydrogens is 256 g/mol. The Hall–Kier alpha value is -1.87. The summed E-state index contributed by atoms with van der Waals surface area (Å²) in [4.78, 5) is 0.155. The standard InChI is InChI=1S/C9H14N6O2S/c1-7-9(5-11-14-7)18(16,17)13-2-3-15-6-8(10)4-12-15/h4-6,13H,2-3,10H2,1H3,(H,11,14). The Kier molecular flexibility index (Phi) is 3.34. The van der Waals surface area contributed by atoms with Gasteiger partial charge in [0.05, 0.1) is 30.3 Å². The van der Waals surface area contributed by atoms with Crippen LogP contribution < -0.4 is 10.5 Å². The maximum Gasteiger partial charge on any atom is 0.244 e. The van der Waals surface area contributed by atoms with Gasteiger partial charge in [-0.15, -0.1) is 0 Å². The largest absolute Gasteiger partial charge is 0.396 e. The van der Waals surface area contributed by atoms with E-state index in [9.17, 15) is 8.42 Å². The Morgan fingerprint density at radius 1 is 1.50 bits per heavy atom. The van der Waals surface area contributed by atoms with E-state index in [1.165, 1.54) is 12.4 Å². The highest BCUT2D eigenvalue weighted by Crippen LogP contribution is 2.10. The molecule has 0 aromatic carbocycles. The number of aryl methyl sites for hydroxylation is 1. The zero-order valence-electron chi connectivity index (χ0n) is 9.79. The van der Waals surface area contributed by atoms with Gasteiger partial charge in [0.25, 0.3) is 0 Å². The molecule has 0 amide bonds. The zero-order chi connectivity index (χ0) is 13.2. The highest BCUT2D eigenvalue weighted by atomic mass is 32.2. The van der Waals surface area contributed by atoms with E-state index in [1.54, 1.807) is 17.8 Å². The van der Waals surface area contributed by atoms with Gasteiger partial charge < -0.3 is 5.73 Å². The van der Waals surface area contributed by atoms with Gasteiger partial charge in [-0.1, -0.05) is 0 Å². The van der Waals surface area contributed by atoms with Crippen LogP contribution in [0.3, 0.4) is 0 Å². The molecule has 4 N–H and O–H groups in total. The highest BCUT2D eigenvalue weighted by Gasteiger charge is 2.17. The molecule has 0 aliphatic carbocycles. The van der Waals surface area contributed by atoms with Gasteiger partial charge in [0.1, 0.15) is 4.90 Å². The lowest BCUT2D eigenvalue weighted by molar-refractivity contribution is 0.560. The van der Waals surface area contributed by atoms with Crippen molar-refractivity contribution in [1.82, 2.24) is 24.7 Å². The molecule has 0 bridgehead atoms. The third-order valence-electron chi connectivity index (χ3n) is 2.36.